The number of benzene rings is 2. The lowest BCUT2D eigenvalue weighted by atomic mass is 9.98. The van der Waals surface area contributed by atoms with Crippen LogP contribution in [0.4, 0.5) is 13.2 Å². The van der Waals surface area contributed by atoms with Crippen LogP contribution in [-0.2, 0) is 28.5 Å². The van der Waals surface area contributed by atoms with Crippen molar-refractivity contribution in [3.05, 3.63) is 58.6 Å². The lowest BCUT2D eigenvalue weighted by molar-refractivity contribution is -0.137. The quantitative estimate of drug-likeness (QED) is 0.674. The highest BCUT2D eigenvalue weighted by Gasteiger charge is 2.34. The second-order valence-corrected chi connectivity index (χ2v) is 9.01. The SMILES string of the molecule is COc1ccccc1CNC(=O)C1CCCN(S(=O)c2cc(C(F)(F)F)ccc2Cl)C1. The molecule has 1 aliphatic heterocycles. The Labute approximate surface area is 186 Å². The number of hydrogen-bond acceptors (Lipinski definition) is 3. The Kier molecular flexibility index (Phi) is 7.61. The number of halogens is 4. The van der Waals surface area contributed by atoms with E-state index in [0.29, 0.717) is 25.1 Å². The normalized spacial score (nSPS) is 18.4. The predicted molar refractivity (Wildman–Crippen MR) is 112 cm³/mol. The third kappa shape index (κ3) is 5.78. The first-order valence-electron chi connectivity index (χ1n) is 9.64. The second kappa shape index (κ2) is 10.0. The number of piperidine rings is 1. The molecule has 2 aromatic rings. The Balaban J connectivity index is 1.67. The van der Waals surface area contributed by atoms with Crippen molar-refractivity contribution < 1.29 is 26.9 Å². The molecule has 2 unspecified atom stereocenters. The number of carbonyl (C=O) groups is 1. The first kappa shape index (κ1) is 23.6. The van der Waals surface area contributed by atoms with Gasteiger partial charge in [0.2, 0.25) is 5.91 Å². The average Bonchev–Trinajstić information content (AvgIpc) is 2.76. The van der Waals surface area contributed by atoms with Crippen molar-refractivity contribution in [2.45, 2.75) is 30.5 Å². The Morgan fingerprint density at radius 3 is 2.74 bits per heavy atom. The fraction of sp³-hybridized carbons (Fsp3) is 0.381. The van der Waals surface area contributed by atoms with Crippen LogP contribution in [0.3, 0.4) is 0 Å². The molecule has 10 heteroatoms. The van der Waals surface area contributed by atoms with Gasteiger partial charge in [-0.1, -0.05) is 29.8 Å². The average molecular weight is 475 g/mol. The van der Waals surface area contributed by atoms with E-state index < -0.39 is 28.6 Å². The summed E-state index contributed by atoms with van der Waals surface area (Å²) in [5.74, 6) is 0.0214. The summed E-state index contributed by atoms with van der Waals surface area (Å²) in [7, 11) is -0.358. The summed E-state index contributed by atoms with van der Waals surface area (Å²) in [5.41, 5.74) is -0.0892. The molecular formula is C21H22ClF3N2O3S. The number of ether oxygens (including phenoxy) is 1. The fourth-order valence-corrected chi connectivity index (χ4v) is 5.10. The van der Waals surface area contributed by atoms with Gasteiger partial charge in [0, 0.05) is 25.2 Å². The smallest absolute Gasteiger partial charge is 0.416 e. The summed E-state index contributed by atoms with van der Waals surface area (Å²) < 4.78 is 58.8. The third-order valence-corrected chi connectivity index (χ3v) is 7.04. The van der Waals surface area contributed by atoms with Gasteiger partial charge in [0.25, 0.3) is 0 Å². The maximum absolute atomic E-state index is 13.0. The van der Waals surface area contributed by atoms with E-state index in [9.17, 15) is 22.2 Å². The first-order valence-corrected chi connectivity index (χ1v) is 11.1. The Bertz CT molecular complexity index is 971. The number of nitrogens with zero attached hydrogens (tertiary/aromatic N) is 1. The zero-order valence-electron chi connectivity index (χ0n) is 16.7. The number of para-hydroxylation sites is 1. The summed E-state index contributed by atoms with van der Waals surface area (Å²) in [6.45, 7) is 0.842. The molecule has 0 aliphatic carbocycles. The van der Waals surface area contributed by atoms with Gasteiger partial charge in [-0.05, 0) is 37.1 Å². The van der Waals surface area contributed by atoms with Crippen LogP contribution in [-0.4, -0.2) is 34.6 Å². The molecule has 5 nitrogen and oxygen atoms in total. The number of rotatable bonds is 6. The number of nitrogens with one attached hydrogen (secondary N) is 1. The van der Waals surface area contributed by atoms with Crippen LogP contribution < -0.4 is 10.1 Å². The van der Waals surface area contributed by atoms with Gasteiger partial charge >= 0.3 is 6.18 Å². The molecular weight excluding hydrogens is 453 g/mol. The molecule has 1 amide bonds. The van der Waals surface area contributed by atoms with E-state index in [2.05, 4.69) is 5.32 Å². The van der Waals surface area contributed by atoms with Crippen molar-refractivity contribution in [1.82, 2.24) is 9.62 Å². The van der Waals surface area contributed by atoms with Crippen LogP contribution in [0.15, 0.2) is 47.4 Å². The lowest BCUT2D eigenvalue weighted by Crippen LogP contribution is -2.43. The summed E-state index contributed by atoms with van der Waals surface area (Å²) in [4.78, 5) is 12.6. The summed E-state index contributed by atoms with van der Waals surface area (Å²) in [6, 6.07) is 10.1. The van der Waals surface area contributed by atoms with Gasteiger partial charge in [0.15, 0.2) is 0 Å². The molecule has 2 aromatic carbocycles. The molecule has 168 valence electrons. The van der Waals surface area contributed by atoms with Gasteiger partial charge in [-0.2, -0.15) is 13.2 Å². The van der Waals surface area contributed by atoms with Gasteiger partial charge in [-0.3, -0.25) is 4.79 Å². The number of carbonyl (C=O) groups excluding carboxylic acids is 1. The van der Waals surface area contributed by atoms with Crippen molar-refractivity contribution in [1.29, 1.82) is 0 Å². The van der Waals surface area contributed by atoms with Crippen LogP contribution in [0.5, 0.6) is 5.75 Å². The highest BCUT2D eigenvalue weighted by Crippen LogP contribution is 2.34. The number of amides is 1. The fourth-order valence-electron chi connectivity index (χ4n) is 3.44. The van der Waals surface area contributed by atoms with Gasteiger partial charge in [0.05, 0.1) is 28.5 Å². The molecule has 0 bridgehead atoms. The number of alkyl halides is 3. The summed E-state index contributed by atoms with van der Waals surface area (Å²) >= 11 is 6.03. The van der Waals surface area contributed by atoms with Crippen molar-refractivity contribution in [2.24, 2.45) is 5.92 Å². The maximum atomic E-state index is 13.0. The van der Waals surface area contributed by atoms with E-state index in [1.54, 1.807) is 13.2 Å². The predicted octanol–water partition coefficient (Wildman–Crippen LogP) is 4.42. The third-order valence-electron chi connectivity index (χ3n) is 5.08. The van der Waals surface area contributed by atoms with Crippen molar-refractivity contribution in [3.8, 4) is 5.75 Å². The Morgan fingerprint density at radius 1 is 1.29 bits per heavy atom. The van der Waals surface area contributed by atoms with Crippen LogP contribution in [0.1, 0.15) is 24.0 Å². The zero-order chi connectivity index (χ0) is 22.6. The minimum atomic E-state index is -4.56. The zero-order valence-corrected chi connectivity index (χ0v) is 18.3. The number of methoxy groups -OCH3 is 1. The van der Waals surface area contributed by atoms with Crippen LogP contribution >= 0.6 is 11.6 Å². The molecule has 0 saturated carbocycles. The summed E-state index contributed by atoms with van der Waals surface area (Å²) in [6.07, 6.45) is -3.37. The van der Waals surface area contributed by atoms with Crippen molar-refractivity contribution in [2.75, 3.05) is 20.2 Å². The van der Waals surface area contributed by atoms with Crippen LogP contribution in [0.25, 0.3) is 0 Å². The highest BCUT2D eigenvalue weighted by atomic mass is 35.5. The van der Waals surface area contributed by atoms with E-state index in [-0.39, 0.29) is 28.9 Å². The van der Waals surface area contributed by atoms with E-state index in [1.165, 1.54) is 4.31 Å². The molecule has 0 aromatic heterocycles. The second-order valence-electron chi connectivity index (χ2n) is 7.15. The molecule has 1 saturated heterocycles. The highest BCUT2D eigenvalue weighted by molar-refractivity contribution is 7.82. The number of hydrogen-bond donors (Lipinski definition) is 1. The minimum Gasteiger partial charge on any atom is -0.496 e. The molecule has 2 atom stereocenters. The largest absolute Gasteiger partial charge is 0.496 e. The molecule has 1 heterocycles. The molecule has 0 spiro atoms. The molecule has 31 heavy (non-hydrogen) atoms. The van der Waals surface area contributed by atoms with E-state index in [1.807, 2.05) is 18.2 Å². The van der Waals surface area contributed by atoms with Crippen molar-refractivity contribution >= 4 is 28.5 Å². The maximum Gasteiger partial charge on any atom is 0.416 e. The standard InChI is InChI=1S/C21H22ClF3N2O3S/c1-30-18-7-3-2-5-14(18)12-26-20(28)15-6-4-10-27(13-15)31(29)19-11-16(21(23,24)25)8-9-17(19)22/h2-3,5,7-9,11,15H,4,6,10,12-13H2,1H3,(H,26,28). The monoisotopic (exact) mass is 474 g/mol. The van der Waals surface area contributed by atoms with E-state index in [4.69, 9.17) is 16.3 Å². The van der Waals surface area contributed by atoms with Crippen LogP contribution in [0, 0.1) is 5.92 Å². The molecule has 1 aliphatic rings. The van der Waals surface area contributed by atoms with Gasteiger partial charge in [-0.25, -0.2) is 8.51 Å². The van der Waals surface area contributed by atoms with E-state index in [0.717, 1.165) is 23.8 Å². The minimum absolute atomic E-state index is 0.00548. The Morgan fingerprint density at radius 2 is 2.03 bits per heavy atom. The lowest BCUT2D eigenvalue weighted by Gasteiger charge is -2.31. The molecule has 1 N–H and O–H groups in total. The Hall–Kier alpha value is -2.10. The van der Waals surface area contributed by atoms with Crippen LogP contribution in [0.2, 0.25) is 5.02 Å². The van der Waals surface area contributed by atoms with Gasteiger partial charge < -0.3 is 10.1 Å². The molecule has 0 radical (unpaired) electrons. The topological polar surface area (TPSA) is 58.6 Å². The van der Waals surface area contributed by atoms with Gasteiger partial charge in [0.1, 0.15) is 16.7 Å². The molecule has 3 rings (SSSR count). The van der Waals surface area contributed by atoms with Crippen molar-refractivity contribution in [3.63, 3.8) is 0 Å². The first-order chi connectivity index (χ1) is 14.7. The van der Waals surface area contributed by atoms with E-state index >= 15 is 0 Å². The summed E-state index contributed by atoms with van der Waals surface area (Å²) in [5, 5.41) is 2.86. The van der Waals surface area contributed by atoms with Gasteiger partial charge in [-0.15, -0.1) is 0 Å². The molecule has 1 fully saturated rings.